The van der Waals surface area contributed by atoms with Crippen LogP contribution >= 0.6 is 0 Å². The molecule has 0 bridgehead atoms. The molecule has 0 amide bonds. The van der Waals surface area contributed by atoms with Crippen molar-refractivity contribution < 1.29 is 0 Å². The average Bonchev–Trinajstić information content (AvgIpc) is 2.69. The van der Waals surface area contributed by atoms with E-state index >= 15 is 0 Å². The SMILES string of the molecule is C[C@@H](Cc1cnccn1)Nc1nc(-c2cccnc2)nc2c1CCNC2. The van der Waals surface area contributed by atoms with Crippen LogP contribution in [0.2, 0.25) is 0 Å². The maximum atomic E-state index is 4.81. The van der Waals surface area contributed by atoms with Gasteiger partial charge >= 0.3 is 0 Å². The molecule has 2 N–H and O–H groups in total. The average molecular weight is 347 g/mol. The minimum atomic E-state index is 0.183. The lowest BCUT2D eigenvalue weighted by atomic mass is 10.1. The van der Waals surface area contributed by atoms with Crippen LogP contribution in [-0.2, 0) is 19.4 Å². The molecular formula is C19H21N7. The summed E-state index contributed by atoms with van der Waals surface area (Å²) in [5.41, 5.74) is 4.14. The van der Waals surface area contributed by atoms with E-state index in [-0.39, 0.29) is 6.04 Å². The Bertz CT molecular complexity index is 868. The summed E-state index contributed by atoms with van der Waals surface area (Å²) in [6.07, 6.45) is 10.5. The first kappa shape index (κ1) is 16.5. The Kier molecular flexibility index (Phi) is 4.79. The van der Waals surface area contributed by atoms with Gasteiger partial charge in [0, 0.05) is 61.1 Å². The summed E-state index contributed by atoms with van der Waals surface area (Å²) in [4.78, 5) is 22.3. The van der Waals surface area contributed by atoms with Gasteiger partial charge in [0.1, 0.15) is 5.82 Å². The van der Waals surface area contributed by atoms with Crippen LogP contribution in [0.3, 0.4) is 0 Å². The van der Waals surface area contributed by atoms with Crippen LogP contribution in [0.4, 0.5) is 5.82 Å². The van der Waals surface area contributed by atoms with Crippen molar-refractivity contribution in [3.8, 4) is 11.4 Å². The van der Waals surface area contributed by atoms with E-state index in [0.717, 1.165) is 48.7 Å². The molecule has 0 aromatic carbocycles. The van der Waals surface area contributed by atoms with Gasteiger partial charge in [0.2, 0.25) is 0 Å². The van der Waals surface area contributed by atoms with Crippen LogP contribution in [0.15, 0.2) is 43.1 Å². The molecule has 3 aromatic rings. The minimum Gasteiger partial charge on any atom is -0.367 e. The van der Waals surface area contributed by atoms with Crippen molar-refractivity contribution in [3.63, 3.8) is 0 Å². The summed E-state index contributed by atoms with van der Waals surface area (Å²) in [5, 5.41) is 6.95. The number of nitrogens with zero attached hydrogens (tertiary/aromatic N) is 5. The van der Waals surface area contributed by atoms with Crippen molar-refractivity contribution in [1.82, 2.24) is 30.2 Å². The number of hydrogen-bond donors (Lipinski definition) is 2. The summed E-state index contributed by atoms with van der Waals surface area (Å²) in [6.45, 7) is 3.84. The molecule has 0 aliphatic carbocycles. The Labute approximate surface area is 152 Å². The fourth-order valence-corrected chi connectivity index (χ4v) is 3.14. The number of nitrogens with one attached hydrogen (secondary N) is 2. The van der Waals surface area contributed by atoms with E-state index < -0.39 is 0 Å². The number of anilines is 1. The van der Waals surface area contributed by atoms with Crippen LogP contribution in [0, 0.1) is 0 Å². The monoisotopic (exact) mass is 347 g/mol. The molecule has 7 nitrogen and oxygen atoms in total. The van der Waals surface area contributed by atoms with E-state index in [1.807, 2.05) is 12.1 Å². The topological polar surface area (TPSA) is 88.5 Å². The second-order valence-corrected chi connectivity index (χ2v) is 6.44. The first-order valence-electron chi connectivity index (χ1n) is 8.82. The maximum Gasteiger partial charge on any atom is 0.163 e. The van der Waals surface area contributed by atoms with Gasteiger partial charge in [-0.1, -0.05) is 0 Å². The van der Waals surface area contributed by atoms with Crippen molar-refractivity contribution in [2.45, 2.75) is 32.4 Å². The molecule has 0 radical (unpaired) electrons. The molecule has 132 valence electrons. The van der Waals surface area contributed by atoms with Crippen LogP contribution < -0.4 is 10.6 Å². The van der Waals surface area contributed by atoms with Crippen LogP contribution in [0.5, 0.6) is 0 Å². The molecule has 1 aliphatic heterocycles. The molecule has 4 heterocycles. The minimum absolute atomic E-state index is 0.183. The second kappa shape index (κ2) is 7.53. The predicted molar refractivity (Wildman–Crippen MR) is 99.5 cm³/mol. The third-order valence-corrected chi connectivity index (χ3v) is 4.37. The highest BCUT2D eigenvalue weighted by molar-refractivity contribution is 5.59. The van der Waals surface area contributed by atoms with E-state index in [1.54, 1.807) is 31.0 Å². The molecule has 3 aromatic heterocycles. The lowest BCUT2D eigenvalue weighted by molar-refractivity contribution is 0.623. The highest BCUT2D eigenvalue weighted by Crippen LogP contribution is 2.25. The zero-order chi connectivity index (χ0) is 17.8. The van der Waals surface area contributed by atoms with Gasteiger partial charge in [-0.05, 0) is 32.0 Å². The molecule has 1 atom stereocenters. The molecule has 4 rings (SSSR count). The number of aromatic nitrogens is 5. The number of pyridine rings is 1. The van der Waals surface area contributed by atoms with Crippen molar-refractivity contribution in [3.05, 3.63) is 60.1 Å². The third kappa shape index (κ3) is 3.67. The Hall–Kier alpha value is -2.93. The lowest BCUT2D eigenvalue weighted by Crippen LogP contribution is -2.28. The summed E-state index contributed by atoms with van der Waals surface area (Å²) in [6, 6.07) is 4.07. The molecule has 0 fully saturated rings. The van der Waals surface area contributed by atoms with Gasteiger partial charge in [0.25, 0.3) is 0 Å². The Morgan fingerprint density at radius 1 is 1.15 bits per heavy atom. The smallest absolute Gasteiger partial charge is 0.163 e. The summed E-state index contributed by atoms with van der Waals surface area (Å²) in [7, 11) is 0. The van der Waals surface area contributed by atoms with Crippen molar-refractivity contribution >= 4 is 5.82 Å². The zero-order valence-corrected chi connectivity index (χ0v) is 14.7. The van der Waals surface area contributed by atoms with Crippen molar-refractivity contribution in [2.75, 3.05) is 11.9 Å². The van der Waals surface area contributed by atoms with E-state index in [4.69, 9.17) is 9.97 Å². The first-order chi connectivity index (χ1) is 12.8. The lowest BCUT2D eigenvalue weighted by Gasteiger charge is -2.23. The summed E-state index contributed by atoms with van der Waals surface area (Å²) < 4.78 is 0. The molecule has 0 saturated carbocycles. The summed E-state index contributed by atoms with van der Waals surface area (Å²) in [5.74, 6) is 1.61. The Morgan fingerprint density at radius 3 is 2.88 bits per heavy atom. The maximum absolute atomic E-state index is 4.81. The van der Waals surface area contributed by atoms with Gasteiger partial charge in [-0.3, -0.25) is 15.0 Å². The van der Waals surface area contributed by atoms with Crippen molar-refractivity contribution in [2.24, 2.45) is 0 Å². The van der Waals surface area contributed by atoms with E-state index in [1.165, 1.54) is 5.56 Å². The van der Waals surface area contributed by atoms with E-state index in [2.05, 4.69) is 32.5 Å². The van der Waals surface area contributed by atoms with Gasteiger partial charge in [0.15, 0.2) is 5.82 Å². The fourth-order valence-electron chi connectivity index (χ4n) is 3.14. The van der Waals surface area contributed by atoms with E-state index in [0.29, 0.717) is 5.82 Å². The molecule has 0 spiro atoms. The van der Waals surface area contributed by atoms with Gasteiger partial charge < -0.3 is 10.6 Å². The highest BCUT2D eigenvalue weighted by atomic mass is 15.1. The molecule has 0 unspecified atom stereocenters. The molecule has 7 heteroatoms. The van der Waals surface area contributed by atoms with E-state index in [9.17, 15) is 0 Å². The molecule has 1 aliphatic rings. The quantitative estimate of drug-likeness (QED) is 0.730. The van der Waals surface area contributed by atoms with Gasteiger partial charge in [0.05, 0.1) is 11.4 Å². The fraction of sp³-hybridized carbons (Fsp3) is 0.316. The second-order valence-electron chi connectivity index (χ2n) is 6.44. The summed E-state index contributed by atoms with van der Waals surface area (Å²) >= 11 is 0. The number of rotatable bonds is 5. The normalized spacial score (nSPS) is 14.5. The van der Waals surface area contributed by atoms with Gasteiger partial charge in [-0.2, -0.15) is 0 Å². The van der Waals surface area contributed by atoms with Gasteiger partial charge in [-0.15, -0.1) is 0 Å². The predicted octanol–water partition coefficient (Wildman–Crippen LogP) is 2.02. The standard InChI is InChI=1S/C19H21N7/c1-13(9-15-11-22-7-8-23-15)24-19-16-4-6-21-12-17(16)25-18(26-19)14-3-2-5-20-10-14/h2-3,5,7-8,10-11,13,21H,4,6,9,12H2,1H3,(H,24,25,26)/t13-/m0/s1. The largest absolute Gasteiger partial charge is 0.367 e. The highest BCUT2D eigenvalue weighted by Gasteiger charge is 2.19. The van der Waals surface area contributed by atoms with Crippen LogP contribution in [0.25, 0.3) is 11.4 Å². The van der Waals surface area contributed by atoms with Gasteiger partial charge in [-0.25, -0.2) is 9.97 Å². The zero-order valence-electron chi connectivity index (χ0n) is 14.7. The third-order valence-electron chi connectivity index (χ3n) is 4.37. The molecule has 26 heavy (non-hydrogen) atoms. The van der Waals surface area contributed by atoms with Crippen LogP contribution in [0.1, 0.15) is 23.9 Å². The number of fused-ring (bicyclic) bond motifs is 1. The Balaban J connectivity index is 1.63. The van der Waals surface area contributed by atoms with Crippen molar-refractivity contribution in [1.29, 1.82) is 0 Å². The number of hydrogen-bond acceptors (Lipinski definition) is 7. The first-order valence-corrected chi connectivity index (χ1v) is 8.82. The van der Waals surface area contributed by atoms with Crippen LogP contribution in [-0.4, -0.2) is 37.5 Å². The molecule has 0 saturated heterocycles. The Morgan fingerprint density at radius 2 is 2.08 bits per heavy atom. The molecular weight excluding hydrogens is 326 g/mol.